The zero-order valence-corrected chi connectivity index (χ0v) is 13.6. The molecule has 0 unspecified atom stereocenters. The molecule has 2 heterocycles. The summed E-state index contributed by atoms with van der Waals surface area (Å²) in [5.41, 5.74) is 2.19. The number of aromatic nitrogens is 2. The molecule has 0 bridgehead atoms. The van der Waals surface area contributed by atoms with E-state index in [0.717, 1.165) is 12.1 Å². The number of sulfonamides is 1. The topological polar surface area (TPSA) is 76.0 Å². The minimum atomic E-state index is -3.54. The Bertz CT molecular complexity index is 744. The molecule has 0 saturated heterocycles. The molecule has 3 rings (SSSR count). The largest absolute Gasteiger partial charge is 0.310 e. The Kier molecular flexibility index (Phi) is 3.76. The van der Waals surface area contributed by atoms with Crippen LogP contribution < -0.4 is 10.0 Å². The summed E-state index contributed by atoms with van der Waals surface area (Å²) in [5, 5.41) is 9.40. The first kappa shape index (κ1) is 14.6. The molecule has 8 heteroatoms. The van der Waals surface area contributed by atoms with Gasteiger partial charge in [-0.2, -0.15) is 5.10 Å². The van der Waals surface area contributed by atoms with Crippen molar-refractivity contribution in [2.45, 2.75) is 36.6 Å². The second-order valence-electron chi connectivity index (χ2n) is 5.34. The van der Waals surface area contributed by atoms with Gasteiger partial charge in [0.1, 0.15) is 4.21 Å². The number of hydrogen-bond acceptors (Lipinski definition) is 5. The van der Waals surface area contributed by atoms with Crippen LogP contribution in [0.25, 0.3) is 0 Å². The van der Waals surface area contributed by atoms with E-state index in [9.17, 15) is 8.42 Å². The van der Waals surface area contributed by atoms with E-state index in [1.165, 1.54) is 24.2 Å². The minimum absolute atomic E-state index is 0.332. The van der Waals surface area contributed by atoms with Crippen molar-refractivity contribution in [3.63, 3.8) is 0 Å². The second-order valence-corrected chi connectivity index (χ2v) is 8.16. The van der Waals surface area contributed by atoms with Gasteiger partial charge in [0.15, 0.2) is 0 Å². The molecule has 0 aliphatic heterocycles. The van der Waals surface area contributed by atoms with Gasteiger partial charge in [-0.15, -0.1) is 11.3 Å². The average Bonchev–Trinajstić information content (AvgIpc) is 3.01. The summed E-state index contributed by atoms with van der Waals surface area (Å²) in [6, 6.07) is 2.34. The molecule has 6 nitrogen and oxygen atoms in total. The highest BCUT2D eigenvalue weighted by atomic mass is 32.2. The number of nitrogens with zero attached hydrogens (tertiary/aromatic N) is 2. The van der Waals surface area contributed by atoms with Crippen molar-refractivity contribution >= 4 is 27.0 Å². The molecule has 114 valence electrons. The van der Waals surface area contributed by atoms with E-state index in [1.54, 1.807) is 30.9 Å². The summed E-state index contributed by atoms with van der Waals surface area (Å²) < 4.78 is 29.3. The number of thiophene rings is 1. The standard InChI is InChI=1S/C13H18N4O2S2/c1-9-12(7-17(2)15-9)16-21(18,19)13-5-10(8-20-13)6-14-11-3-4-11/h5,7-8,11,14,16H,3-4,6H2,1-2H3. The summed E-state index contributed by atoms with van der Waals surface area (Å²) in [4.78, 5) is 0. The van der Waals surface area contributed by atoms with Gasteiger partial charge in [0.05, 0.1) is 11.4 Å². The summed E-state index contributed by atoms with van der Waals surface area (Å²) in [6.45, 7) is 2.50. The van der Waals surface area contributed by atoms with Gasteiger partial charge >= 0.3 is 0 Å². The van der Waals surface area contributed by atoms with Crippen LogP contribution in [0.4, 0.5) is 5.69 Å². The van der Waals surface area contributed by atoms with Crippen LogP contribution in [0.5, 0.6) is 0 Å². The number of nitrogens with one attached hydrogen (secondary N) is 2. The fourth-order valence-corrected chi connectivity index (χ4v) is 4.34. The van der Waals surface area contributed by atoms with E-state index in [2.05, 4.69) is 15.1 Å². The summed E-state index contributed by atoms with van der Waals surface area (Å²) in [6.07, 6.45) is 4.10. The lowest BCUT2D eigenvalue weighted by Gasteiger charge is -2.04. The normalized spacial score (nSPS) is 15.3. The van der Waals surface area contributed by atoms with Crippen LogP contribution in [-0.4, -0.2) is 24.2 Å². The van der Waals surface area contributed by atoms with E-state index in [0.29, 0.717) is 21.6 Å². The van der Waals surface area contributed by atoms with Gasteiger partial charge in [-0.3, -0.25) is 9.40 Å². The van der Waals surface area contributed by atoms with Crippen molar-refractivity contribution in [3.05, 3.63) is 28.9 Å². The third kappa shape index (κ3) is 3.45. The molecule has 0 atom stereocenters. The zero-order valence-electron chi connectivity index (χ0n) is 12.0. The van der Waals surface area contributed by atoms with Crippen molar-refractivity contribution in [1.29, 1.82) is 0 Å². The molecule has 1 fully saturated rings. The first-order valence-corrected chi connectivity index (χ1v) is 9.14. The number of rotatable bonds is 6. The molecular weight excluding hydrogens is 308 g/mol. The molecule has 0 spiro atoms. The Hall–Kier alpha value is -1.38. The average molecular weight is 326 g/mol. The Labute approximate surface area is 128 Å². The van der Waals surface area contributed by atoms with Crippen LogP contribution in [0.3, 0.4) is 0 Å². The molecule has 2 aromatic heterocycles. The maximum atomic E-state index is 12.4. The van der Waals surface area contributed by atoms with Crippen molar-refractivity contribution in [3.8, 4) is 0 Å². The summed E-state index contributed by atoms with van der Waals surface area (Å²) in [5.74, 6) is 0. The summed E-state index contributed by atoms with van der Waals surface area (Å²) >= 11 is 1.24. The van der Waals surface area contributed by atoms with Gasteiger partial charge in [0.2, 0.25) is 0 Å². The molecule has 2 N–H and O–H groups in total. The lowest BCUT2D eigenvalue weighted by Crippen LogP contribution is -2.15. The maximum Gasteiger partial charge on any atom is 0.271 e. The van der Waals surface area contributed by atoms with Gasteiger partial charge in [0.25, 0.3) is 10.0 Å². The van der Waals surface area contributed by atoms with E-state index >= 15 is 0 Å². The summed E-state index contributed by atoms with van der Waals surface area (Å²) in [7, 11) is -1.78. The Balaban J connectivity index is 1.73. The highest BCUT2D eigenvalue weighted by Gasteiger charge is 2.22. The van der Waals surface area contributed by atoms with Gasteiger partial charge in [0, 0.05) is 25.8 Å². The van der Waals surface area contributed by atoms with Crippen molar-refractivity contribution in [2.75, 3.05) is 4.72 Å². The smallest absolute Gasteiger partial charge is 0.271 e. The van der Waals surface area contributed by atoms with Crippen molar-refractivity contribution in [1.82, 2.24) is 15.1 Å². The molecule has 21 heavy (non-hydrogen) atoms. The fourth-order valence-electron chi connectivity index (χ4n) is 2.03. The fraction of sp³-hybridized carbons (Fsp3) is 0.462. The third-order valence-electron chi connectivity index (χ3n) is 3.32. The molecule has 0 amide bonds. The number of aryl methyl sites for hydroxylation is 2. The van der Waals surface area contributed by atoms with Gasteiger partial charge in [-0.1, -0.05) is 0 Å². The molecular formula is C13H18N4O2S2. The van der Waals surface area contributed by atoms with Crippen LogP contribution in [0.1, 0.15) is 24.1 Å². The minimum Gasteiger partial charge on any atom is -0.310 e. The van der Waals surface area contributed by atoms with E-state index in [-0.39, 0.29) is 0 Å². The van der Waals surface area contributed by atoms with Crippen molar-refractivity contribution in [2.24, 2.45) is 7.05 Å². The predicted molar refractivity (Wildman–Crippen MR) is 82.9 cm³/mol. The maximum absolute atomic E-state index is 12.4. The second kappa shape index (κ2) is 5.43. The SMILES string of the molecule is Cc1nn(C)cc1NS(=O)(=O)c1cc(CNC2CC2)cs1. The Morgan fingerprint density at radius 1 is 1.48 bits per heavy atom. The Morgan fingerprint density at radius 3 is 2.86 bits per heavy atom. The van der Waals surface area contributed by atoms with Gasteiger partial charge in [-0.25, -0.2) is 8.42 Å². The molecule has 0 radical (unpaired) electrons. The Morgan fingerprint density at radius 2 is 2.24 bits per heavy atom. The van der Waals surface area contributed by atoms with Gasteiger partial charge in [-0.05, 0) is 36.8 Å². The molecule has 1 aliphatic rings. The first-order chi connectivity index (χ1) is 9.94. The predicted octanol–water partition coefficient (Wildman–Crippen LogP) is 1.84. The third-order valence-corrected chi connectivity index (χ3v) is 6.18. The zero-order chi connectivity index (χ0) is 15.0. The highest BCUT2D eigenvalue weighted by Crippen LogP contribution is 2.25. The number of anilines is 1. The molecule has 2 aromatic rings. The van der Waals surface area contributed by atoms with E-state index < -0.39 is 10.0 Å². The van der Waals surface area contributed by atoms with E-state index in [1.807, 2.05) is 5.38 Å². The highest BCUT2D eigenvalue weighted by molar-refractivity contribution is 7.94. The number of hydrogen-bond donors (Lipinski definition) is 2. The molecule has 0 aromatic carbocycles. The lowest BCUT2D eigenvalue weighted by atomic mass is 10.3. The first-order valence-electron chi connectivity index (χ1n) is 6.78. The van der Waals surface area contributed by atoms with Crippen LogP contribution in [0.15, 0.2) is 21.9 Å². The van der Waals surface area contributed by atoms with Crippen LogP contribution in [0.2, 0.25) is 0 Å². The molecule has 1 aliphatic carbocycles. The lowest BCUT2D eigenvalue weighted by molar-refractivity contribution is 0.603. The monoisotopic (exact) mass is 326 g/mol. The quantitative estimate of drug-likeness (QED) is 0.849. The van der Waals surface area contributed by atoms with Crippen LogP contribution in [-0.2, 0) is 23.6 Å². The van der Waals surface area contributed by atoms with Gasteiger partial charge < -0.3 is 5.32 Å². The van der Waals surface area contributed by atoms with Crippen molar-refractivity contribution < 1.29 is 8.42 Å². The van der Waals surface area contributed by atoms with Crippen LogP contribution >= 0.6 is 11.3 Å². The van der Waals surface area contributed by atoms with E-state index in [4.69, 9.17) is 0 Å². The van der Waals surface area contributed by atoms with Crippen LogP contribution in [0, 0.1) is 6.92 Å². The molecule has 1 saturated carbocycles.